The first kappa shape index (κ1) is 19.4. The van der Waals surface area contributed by atoms with E-state index in [0.29, 0.717) is 12.3 Å². The summed E-state index contributed by atoms with van der Waals surface area (Å²) in [6.07, 6.45) is 5.14. The molecule has 0 spiro atoms. The van der Waals surface area contributed by atoms with Gasteiger partial charge in [0.15, 0.2) is 14.0 Å². The second-order valence-corrected chi connectivity index (χ2v) is 12.0. The number of benzene rings is 1. The summed E-state index contributed by atoms with van der Waals surface area (Å²) in [4.78, 5) is 26.3. The Hall–Kier alpha value is -1.92. The molecule has 0 saturated heterocycles. The molecule has 0 amide bonds. The monoisotopic (exact) mass is 360 g/mol. The summed E-state index contributed by atoms with van der Waals surface area (Å²) in [7, 11) is -2.20. The first-order valence-corrected chi connectivity index (χ1v) is 11.6. The van der Waals surface area contributed by atoms with Crippen molar-refractivity contribution in [3.8, 4) is 5.69 Å². The van der Waals surface area contributed by atoms with Gasteiger partial charge in [-0.2, -0.15) is 0 Å². The third kappa shape index (κ3) is 4.80. The van der Waals surface area contributed by atoms with Crippen molar-refractivity contribution in [3.05, 3.63) is 48.0 Å². The average molecular weight is 361 g/mol. The van der Waals surface area contributed by atoms with Gasteiger partial charge >= 0.3 is 5.97 Å². The Morgan fingerprint density at radius 3 is 2.72 bits per heavy atom. The summed E-state index contributed by atoms with van der Waals surface area (Å²) in [6, 6.07) is 8.17. The van der Waals surface area contributed by atoms with Gasteiger partial charge in [0.25, 0.3) is 0 Å². The molecule has 2 rings (SSSR count). The third-order valence-electron chi connectivity index (χ3n) is 4.97. The molecular weight excluding hydrogens is 332 g/mol. The van der Waals surface area contributed by atoms with Gasteiger partial charge in [-0.1, -0.05) is 26.0 Å². The van der Waals surface area contributed by atoms with E-state index >= 15 is 0 Å². The molecule has 1 N–H and O–H groups in total. The molecule has 0 unspecified atom stereocenters. The van der Waals surface area contributed by atoms with E-state index in [1.807, 2.05) is 29.8 Å². The molecule has 0 saturated carbocycles. The van der Waals surface area contributed by atoms with Crippen molar-refractivity contribution in [2.24, 2.45) is 0 Å². The van der Waals surface area contributed by atoms with Gasteiger partial charge in [-0.15, -0.1) is 0 Å². The van der Waals surface area contributed by atoms with Crippen LogP contribution in [0, 0.1) is 0 Å². The van der Waals surface area contributed by atoms with E-state index in [4.69, 9.17) is 4.74 Å². The van der Waals surface area contributed by atoms with Crippen molar-refractivity contribution in [1.82, 2.24) is 9.55 Å². The molecule has 0 aliphatic carbocycles. The minimum absolute atomic E-state index is 0.0465. The van der Waals surface area contributed by atoms with Crippen LogP contribution in [0.25, 0.3) is 5.69 Å². The zero-order valence-electron chi connectivity index (χ0n) is 15.7. The van der Waals surface area contributed by atoms with E-state index < -0.39 is 14.3 Å². The van der Waals surface area contributed by atoms with Crippen molar-refractivity contribution in [2.75, 3.05) is 6.61 Å². The molecular formula is C19H28N2O3Si. The summed E-state index contributed by atoms with van der Waals surface area (Å²) in [5.74, 6) is -0.408. The van der Waals surface area contributed by atoms with Crippen LogP contribution >= 0.6 is 0 Å². The van der Waals surface area contributed by atoms with Gasteiger partial charge in [0.1, 0.15) is 6.33 Å². The standard InChI is InChI=1S/C19H28N2O3Si/c1-6-24-18(22)17-13-21(14-20-17)16-9-7-8-15(12-16)10-11-19(2,3)25(4,5)23/h7-9,12-14,23H,6,10-11H2,1-5H3. The number of rotatable bonds is 7. The van der Waals surface area contributed by atoms with Crippen LogP contribution in [0.5, 0.6) is 0 Å². The lowest BCUT2D eigenvalue weighted by Gasteiger charge is -2.35. The van der Waals surface area contributed by atoms with E-state index in [-0.39, 0.29) is 5.04 Å². The molecule has 6 heteroatoms. The summed E-state index contributed by atoms with van der Waals surface area (Å²) in [5, 5.41) is -0.0465. The smallest absolute Gasteiger partial charge is 0.358 e. The van der Waals surface area contributed by atoms with E-state index in [0.717, 1.165) is 18.5 Å². The fourth-order valence-electron chi connectivity index (χ4n) is 2.41. The van der Waals surface area contributed by atoms with Crippen LogP contribution in [0.3, 0.4) is 0 Å². The maximum Gasteiger partial charge on any atom is 0.358 e. The number of carbonyl (C=O) groups is 1. The second kappa shape index (κ2) is 7.54. The highest BCUT2D eigenvalue weighted by Gasteiger charge is 2.37. The Kier molecular flexibility index (Phi) is 5.85. The van der Waals surface area contributed by atoms with E-state index in [1.54, 1.807) is 19.4 Å². The number of hydrogen-bond acceptors (Lipinski definition) is 4. The molecule has 0 bridgehead atoms. The number of aromatic nitrogens is 2. The molecule has 0 aliphatic heterocycles. The van der Waals surface area contributed by atoms with Crippen molar-refractivity contribution in [3.63, 3.8) is 0 Å². The average Bonchev–Trinajstić information content (AvgIpc) is 3.03. The number of aryl methyl sites for hydroxylation is 1. The molecule has 5 nitrogen and oxygen atoms in total. The largest absolute Gasteiger partial charge is 0.461 e. The fourth-order valence-corrected chi connectivity index (χ4v) is 3.15. The van der Waals surface area contributed by atoms with Gasteiger partial charge in [-0.25, -0.2) is 9.78 Å². The quantitative estimate of drug-likeness (QED) is 0.599. The van der Waals surface area contributed by atoms with E-state index in [9.17, 15) is 9.59 Å². The first-order chi connectivity index (χ1) is 11.6. The zero-order chi connectivity index (χ0) is 18.7. The molecule has 25 heavy (non-hydrogen) atoms. The number of esters is 1. The van der Waals surface area contributed by atoms with Crippen LogP contribution < -0.4 is 0 Å². The van der Waals surface area contributed by atoms with Crippen LogP contribution in [-0.2, 0) is 11.2 Å². The van der Waals surface area contributed by atoms with Gasteiger partial charge in [-0.05, 0) is 55.6 Å². The highest BCUT2D eigenvalue weighted by molar-refractivity contribution is 6.72. The number of carbonyl (C=O) groups excluding carboxylic acids is 1. The van der Waals surface area contributed by atoms with Crippen molar-refractivity contribution in [2.45, 2.75) is 51.7 Å². The lowest BCUT2D eigenvalue weighted by atomic mass is 10.0. The topological polar surface area (TPSA) is 64.3 Å². The number of hydrogen-bond donors (Lipinski definition) is 1. The molecule has 2 aromatic rings. The van der Waals surface area contributed by atoms with Gasteiger partial charge < -0.3 is 14.1 Å². The van der Waals surface area contributed by atoms with Crippen LogP contribution in [0.4, 0.5) is 0 Å². The van der Waals surface area contributed by atoms with Crippen LogP contribution in [-0.4, -0.2) is 35.2 Å². The van der Waals surface area contributed by atoms with Crippen molar-refractivity contribution in [1.29, 1.82) is 0 Å². The Morgan fingerprint density at radius 1 is 1.36 bits per heavy atom. The van der Waals surface area contributed by atoms with Crippen LogP contribution in [0.15, 0.2) is 36.8 Å². The number of imidazole rings is 1. The SMILES string of the molecule is CCOC(=O)c1cn(-c2cccc(CCC(C)(C)[Si](C)(C)O)c2)cn1. The number of nitrogens with zero attached hydrogens (tertiary/aromatic N) is 2. The maximum atomic E-state index is 11.7. The first-order valence-electron chi connectivity index (χ1n) is 8.67. The lowest BCUT2D eigenvalue weighted by molar-refractivity contribution is 0.0520. The van der Waals surface area contributed by atoms with Gasteiger partial charge in [0.2, 0.25) is 0 Å². The minimum atomic E-state index is -2.20. The molecule has 0 radical (unpaired) electrons. The predicted octanol–water partition coefficient (Wildman–Crippen LogP) is 3.96. The molecule has 0 atom stereocenters. The van der Waals surface area contributed by atoms with Crippen LogP contribution in [0.1, 0.15) is 43.2 Å². The lowest BCUT2D eigenvalue weighted by Crippen LogP contribution is -2.39. The van der Waals surface area contributed by atoms with Gasteiger partial charge in [0.05, 0.1) is 6.61 Å². The maximum absolute atomic E-state index is 11.7. The summed E-state index contributed by atoms with van der Waals surface area (Å²) < 4.78 is 6.80. The fraction of sp³-hybridized carbons (Fsp3) is 0.474. The van der Waals surface area contributed by atoms with Crippen molar-refractivity contribution < 1.29 is 14.3 Å². The minimum Gasteiger partial charge on any atom is -0.461 e. The molecule has 0 fully saturated rings. The summed E-state index contributed by atoms with van der Waals surface area (Å²) >= 11 is 0. The molecule has 1 aromatic heterocycles. The molecule has 1 aromatic carbocycles. The predicted molar refractivity (Wildman–Crippen MR) is 102 cm³/mol. The summed E-state index contributed by atoms with van der Waals surface area (Å²) in [5.41, 5.74) is 2.47. The zero-order valence-corrected chi connectivity index (χ0v) is 16.7. The molecule has 136 valence electrons. The highest BCUT2D eigenvalue weighted by atomic mass is 28.4. The highest BCUT2D eigenvalue weighted by Crippen LogP contribution is 2.39. The van der Waals surface area contributed by atoms with Crippen LogP contribution in [0.2, 0.25) is 18.1 Å². The Morgan fingerprint density at radius 2 is 2.08 bits per heavy atom. The van der Waals surface area contributed by atoms with E-state index in [2.05, 4.69) is 31.0 Å². The Bertz CT molecular complexity index is 732. The molecule has 0 aliphatic rings. The van der Waals surface area contributed by atoms with Gasteiger partial charge in [-0.3, -0.25) is 0 Å². The second-order valence-electron chi connectivity index (χ2n) is 7.50. The molecule has 1 heterocycles. The normalized spacial score (nSPS) is 12.2. The van der Waals surface area contributed by atoms with Gasteiger partial charge in [0, 0.05) is 11.9 Å². The Labute approximate surface area is 150 Å². The third-order valence-corrected chi connectivity index (χ3v) is 8.53. The van der Waals surface area contributed by atoms with E-state index in [1.165, 1.54) is 5.56 Å². The van der Waals surface area contributed by atoms with Crippen molar-refractivity contribution >= 4 is 14.3 Å². The Balaban J connectivity index is 2.13. The summed E-state index contributed by atoms with van der Waals surface area (Å²) in [6.45, 7) is 10.4. The number of ether oxygens (including phenoxy) is 1.